The average molecular weight is 141 g/mol. The summed E-state index contributed by atoms with van der Waals surface area (Å²) < 4.78 is 0. The molecule has 0 unspecified atom stereocenters. The van der Waals surface area contributed by atoms with E-state index in [1.807, 2.05) is 0 Å². The van der Waals surface area contributed by atoms with Crippen molar-refractivity contribution in [3.63, 3.8) is 0 Å². The van der Waals surface area contributed by atoms with Crippen LogP contribution in [-0.2, 0) is 0 Å². The molecule has 0 radical (unpaired) electrons. The molecular formula is C9H19N. The molecule has 0 bridgehead atoms. The molecule has 0 aliphatic heterocycles. The van der Waals surface area contributed by atoms with Gasteiger partial charge >= 0.3 is 0 Å². The van der Waals surface area contributed by atoms with Crippen LogP contribution in [0.1, 0.15) is 41.5 Å². The Balaban J connectivity index is 4.40. The van der Waals surface area contributed by atoms with Crippen molar-refractivity contribution >= 4 is 5.71 Å². The number of hydrogen-bond acceptors (Lipinski definition) is 1. The maximum atomic E-state index is 7.79. The standard InChI is InChI=1S/C9H19N/c1-8(2,3)7(10)9(4,5)6/h10H,1-6H3. The second-order valence-corrected chi connectivity index (χ2v) is 4.88. The van der Waals surface area contributed by atoms with Gasteiger partial charge in [0.25, 0.3) is 0 Å². The summed E-state index contributed by atoms with van der Waals surface area (Å²) in [6, 6.07) is 0. The Morgan fingerprint density at radius 1 is 0.800 bits per heavy atom. The van der Waals surface area contributed by atoms with E-state index in [9.17, 15) is 0 Å². The molecular weight excluding hydrogens is 122 g/mol. The van der Waals surface area contributed by atoms with Crippen molar-refractivity contribution in [2.75, 3.05) is 0 Å². The first-order valence-electron chi connectivity index (χ1n) is 3.75. The zero-order chi connectivity index (χ0) is 8.58. The monoisotopic (exact) mass is 141 g/mol. The lowest BCUT2D eigenvalue weighted by Gasteiger charge is -2.30. The first-order valence-corrected chi connectivity index (χ1v) is 3.75. The topological polar surface area (TPSA) is 23.9 Å². The molecule has 0 amide bonds. The molecule has 10 heavy (non-hydrogen) atoms. The van der Waals surface area contributed by atoms with Gasteiger partial charge in [-0.1, -0.05) is 41.5 Å². The van der Waals surface area contributed by atoms with Crippen LogP contribution in [0.3, 0.4) is 0 Å². The average Bonchev–Trinajstić information content (AvgIpc) is 1.59. The fourth-order valence-corrected chi connectivity index (χ4v) is 1.12. The SMILES string of the molecule is CC(C)(C)C(=N)C(C)(C)C. The summed E-state index contributed by atoms with van der Waals surface area (Å²) in [5.41, 5.74) is 0.872. The van der Waals surface area contributed by atoms with E-state index in [2.05, 4.69) is 41.5 Å². The third-order valence-corrected chi connectivity index (χ3v) is 1.50. The van der Waals surface area contributed by atoms with Crippen LogP contribution in [0.25, 0.3) is 0 Å². The highest BCUT2D eigenvalue weighted by Gasteiger charge is 2.27. The van der Waals surface area contributed by atoms with Gasteiger partial charge in [-0.25, -0.2) is 0 Å². The molecule has 1 heteroatoms. The maximum absolute atomic E-state index is 7.79. The van der Waals surface area contributed by atoms with Crippen molar-refractivity contribution in [3.05, 3.63) is 0 Å². The molecule has 0 saturated carbocycles. The molecule has 0 aliphatic rings. The molecule has 1 nitrogen and oxygen atoms in total. The minimum atomic E-state index is 0.0260. The lowest BCUT2D eigenvalue weighted by molar-refractivity contribution is 0.474. The van der Waals surface area contributed by atoms with Gasteiger partial charge in [-0.15, -0.1) is 0 Å². The summed E-state index contributed by atoms with van der Waals surface area (Å²) in [5, 5.41) is 7.79. The molecule has 0 atom stereocenters. The highest BCUT2D eigenvalue weighted by Crippen LogP contribution is 2.28. The quantitative estimate of drug-likeness (QED) is 0.501. The molecule has 0 fully saturated rings. The third kappa shape index (κ3) is 2.51. The predicted molar refractivity (Wildman–Crippen MR) is 46.6 cm³/mol. The number of hydrogen-bond donors (Lipinski definition) is 1. The highest BCUT2D eigenvalue weighted by atomic mass is 14.5. The number of rotatable bonds is 0. The van der Waals surface area contributed by atoms with Crippen LogP contribution in [-0.4, -0.2) is 5.71 Å². The van der Waals surface area contributed by atoms with Crippen molar-refractivity contribution in [1.82, 2.24) is 0 Å². The third-order valence-electron chi connectivity index (χ3n) is 1.50. The predicted octanol–water partition coefficient (Wildman–Crippen LogP) is 3.10. The van der Waals surface area contributed by atoms with Gasteiger partial charge in [0.1, 0.15) is 0 Å². The van der Waals surface area contributed by atoms with E-state index in [0.29, 0.717) is 0 Å². The normalized spacial score (nSPS) is 13.4. The van der Waals surface area contributed by atoms with E-state index in [1.54, 1.807) is 0 Å². The molecule has 0 saturated heterocycles. The lowest BCUT2D eigenvalue weighted by Crippen LogP contribution is -2.31. The Labute approximate surface area is 64.3 Å². The molecule has 0 aromatic rings. The summed E-state index contributed by atoms with van der Waals surface area (Å²) >= 11 is 0. The molecule has 0 rings (SSSR count). The van der Waals surface area contributed by atoms with E-state index in [0.717, 1.165) is 5.71 Å². The first-order chi connectivity index (χ1) is 4.15. The Morgan fingerprint density at radius 3 is 1.00 bits per heavy atom. The molecule has 1 N–H and O–H groups in total. The molecule has 0 aliphatic carbocycles. The van der Waals surface area contributed by atoms with Crippen LogP contribution in [0.4, 0.5) is 0 Å². The van der Waals surface area contributed by atoms with Crippen molar-refractivity contribution in [1.29, 1.82) is 5.41 Å². The largest absolute Gasteiger partial charge is 0.309 e. The molecule has 0 aromatic carbocycles. The van der Waals surface area contributed by atoms with Gasteiger partial charge in [-0.3, -0.25) is 0 Å². The minimum Gasteiger partial charge on any atom is -0.309 e. The Kier molecular flexibility index (Phi) is 2.29. The van der Waals surface area contributed by atoms with E-state index < -0.39 is 0 Å². The van der Waals surface area contributed by atoms with Crippen LogP contribution in [0.15, 0.2) is 0 Å². The first kappa shape index (κ1) is 9.67. The maximum Gasteiger partial charge on any atom is 0.0196 e. The van der Waals surface area contributed by atoms with E-state index in [4.69, 9.17) is 5.41 Å². The Hall–Kier alpha value is -0.330. The lowest BCUT2D eigenvalue weighted by atomic mass is 9.75. The second-order valence-electron chi connectivity index (χ2n) is 4.88. The summed E-state index contributed by atoms with van der Waals surface area (Å²) in [5.74, 6) is 0. The fraction of sp³-hybridized carbons (Fsp3) is 0.889. The van der Waals surface area contributed by atoms with Gasteiger partial charge < -0.3 is 5.41 Å². The van der Waals surface area contributed by atoms with E-state index >= 15 is 0 Å². The van der Waals surface area contributed by atoms with Gasteiger partial charge in [0.05, 0.1) is 0 Å². The van der Waals surface area contributed by atoms with Crippen LogP contribution >= 0.6 is 0 Å². The van der Waals surface area contributed by atoms with Crippen LogP contribution in [0.2, 0.25) is 0 Å². The van der Waals surface area contributed by atoms with Gasteiger partial charge in [-0.2, -0.15) is 0 Å². The smallest absolute Gasteiger partial charge is 0.0196 e. The van der Waals surface area contributed by atoms with Crippen molar-refractivity contribution in [2.45, 2.75) is 41.5 Å². The summed E-state index contributed by atoms with van der Waals surface area (Å²) in [6.45, 7) is 12.5. The highest BCUT2D eigenvalue weighted by molar-refractivity contribution is 5.90. The minimum absolute atomic E-state index is 0.0260. The number of nitrogens with one attached hydrogen (secondary N) is 1. The van der Waals surface area contributed by atoms with Gasteiger partial charge in [0.15, 0.2) is 0 Å². The zero-order valence-corrected chi connectivity index (χ0v) is 8.00. The van der Waals surface area contributed by atoms with E-state index in [1.165, 1.54) is 0 Å². The second kappa shape index (κ2) is 2.37. The molecule has 60 valence electrons. The molecule has 0 heterocycles. The zero-order valence-electron chi connectivity index (χ0n) is 8.00. The van der Waals surface area contributed by atoms with Crippen LogP contribution in [0, 0.1) is 16.2 Å². The van der Waals surface area contributed by atoms with Crippen LogP contribution < -0.4 is 0 Å². The van der Waals surface area contributed by atoms with E-state index in [-0.39, 0.29) is 10.8 Å². The van der Waals surface area contributed by atoms with Crippen LogP contribution in [0.5, 0.6) is 0 Å². The summed E-state index contributed by atoms with van der Waals surface area (Å²) in [7, 11) is 0. The molecule has 0 aromatic heterocycles. The van der Waals surface area contributed by atoms with Crippen molar-refractivity contribution in [2.24, 2.45) is 10.8 Å². The molecule has 0 spiro atoms. The fourth-order valence-electron chi connectivity index (χ4n) is 1.12. The van der Waals surface area contributed by atoms with Gasteiger partial charge in [0, 0.05) is 16.5 Å². The summed E-state index contributed by atoms with van der Waals surface area (Å²) in [4.78, 5) is 0. The summed E-state index contributed by atoms with van der Waals surface area (Å²) in [6.07, 6.45) is 0. The van der Waals surface area contributed by atoms with Gasteiger partial charge in [-0.05, 0) is 0 Å². The van der Waals surface area contributed by atoms with Crippen molar-refractivity contribution in [3.8, 4) is 0 Å². The Bertz CT molecular complexity index is 116. The Morgan fingerprint density at radius 2 is 1.00 bits per heavy atom. The van der Waals surface area contributed by atoms with Crippen molar-refractivity contribution < 1.29 is 0 Å². The van der Waals surface area contributed by atoms with Gasteiger partial charge in [0.2, 0.25) is 0 Å².